The number of nitrogens with zero attached hydrogens (tertiary/aromatic N) is 2. The van der Waals surface area contributed by atoms with Crippen molar-refractivity contribution in [2.75, 3.05) is 19.8 Å². The second kappa shape index (κ2) is 10.4. The number of aryl methyl sites for hydroxylation is 1. The molecule has 1 amide bonds. The number of amides is 1. The first-order chi connectivity index (χ1) is 16.4. The van der Waals surface area contributed by atoms with E-state index in [-0.39, 0.29) is 29.6 Å². The molecule has 0 radical (unpaired) electrons. The molecule has 2 aromatic carbocycles. The molecule has 0 aliphatic carbocycles. The van der Waals surface area contributed by atoms with E-state index < -0.39 is 30.5 Å². The lowest BCUT2D eigenvalue weighted by Crippen LogP contribution is -2.33. The number of rotatable bonds is 7. The molecule has 9 heteroatoms. The molecule has 176 valence electrons. The molecule has 0 spiro atoms. The summed E-state index contributed by atoms with van der Waals surface area (Å²) in [5.74, 6) is -2.05. The monoisotopic (exact) mass is 463 g/mol. The number of carboxylic acid groups (broad SMARTS) is 1. The number of ether oxygens (including phenoxy) is 2. The van der Waals surface area contributed by atoms with Crippen molar-refractivity contribution in [2.24, 2.45) is 0 Å². The number of hydrogen-bond acceptors (Lipinski definition) is 7. The topological polar surface area (TPSA) is 131 Å². The van der Waals surface area contributed by atoms with E-state index in [4.69, 9.17) is 14.6 Å². The molecule has 1 saturated heterocycles. The molecule has 9 nitrogen and oxygen atoms in total. The molecular formula is C25H25N3O6. The van der Waals surface area contributed by atoms with Gasteiger partial charge < -0.3 is 25.0 Å². The highest BCUT2D eigenvalue weighted by Gasteiger charge is 2.26. The normalized spacial score (nSPS) is 17.8. The molecule has 1 aliphatic heterocycles. The third-order valence-corrected chi connectivity index (χ3v) is 5.52. The fourth-order valence-electron chi connectivity index (χ4n) is 3.70. The third kappa shape index (κ3) is 5.56. The second-order valence-corrected chi connectivity index (χ2v) is 7.98. The van der Waals surface area contributed by atoms with Gasteiger partial charge in [0.1, 0.15) is 12.4 Å². The van der Waals surface area contributed by atoms with Crippen molar-refractivity contribution in [1.82, 2.24) is 15.3 Å². The van der Waals surface area contributed by atoms with Gasteiger partial charge in [-0.05, 0) is 23.6 Å². The average molecular weight is 463 g/mol. The molecular weight excluding hydrogens is 438 g/mol. The largest absolute Gasteiger partial charge is 0.504 e. The summed E-state index contributed by atoms with van der Waals surface area (Å²) < 4.78 is 11.7. The van der Waals surface area contributed by atoms with E-state index in [0.29, 0.717) is 13.2 Å². The molecule has 3 N–H and O–H groups in total. The van der Waals surface area contributed by atoms with Crippen molar-refractivity contribution in [3.63, 3.8) is 0 Å². The van der Waals surface area contributed by atoms with Crippen LogP contribution >= 0.6 is 0 Å². The van der Waals surface area contributed by atoms with Crippen LogP contribution in [0.1, 0.15) is 33.5 Å². The fourth-order valence-corrected chi connectivity index (χ4v) is 3.70. The summed E-state index contributed by atoms with van der Waals surface area (Å²) in [4.78, 5) is 31.2. The molecule has 1 aromatic heterocycles. The summed E-state index contributed by atoms with van der Waals surface area (Å²) in [7, 11) is 0. The van der Waals surface area contributed by atoms with Crippen LogP contribution < -0.4 is 5.32 Å². The standard InChI is InChI=1S/C25H25N3O6/c1-15-24(31)23(25(32)26-12-21(29)30)28-20(27-15)11-22-33-13-19(14-34-22)18-9-7-17(8-10-18)16-5-3-2-4-6-16/h2-10,19,22,31H,11-14H2,1H3,(H,26,32)(H,29,30). The van der Waals surface area contributed by atoms with Crippen molar-refractivity contribution in [1.29, 1.82) is 0 Å². The maximum atomic E-state index is 12.2. The lowest BCUT2D eigenvalue weighted by molar-refractivity contribution is -0.186. The minimum absolute atomic E-state index is 0.0842. The van der Waals surface area contributed by atoms with Crippen LogP contribution in [0.3, 0.4) is 0 Å². The summed E-state index contributed by atoms with van der Waals surface area (Å²) in [5.41, 5.74) is 3.34. The van der Waals surface area contributed by atoms with Crippen molar-refractivity contribution < 1.29 is 29.3 Å². The van der Waals surface area contributed by atoms with Crippen molar-refractivity contribution >= 4 is 11.9 Å². The molecule has 1 aliphatic rings. The van der Waals surface area contributed by atoms with Crippen LogP contribution in [0.5, 0.6) is 5.75 Å². The Morgan fingerprint density at radius 1 is 1.00 bits per heavy atom. The van der Waals surface area contributed by atoms with Crippen LogP contribution in [0.25, 0.3) is 11.1 Å². The van der Waals surface area contributed by atoms with Gasteiger partial charge in [-0.1, -0.05) is 54.6 Å². The van der Waals surface area contributed by atoms with Gasteiger partial charge in [-0.2, -0.15) is 0 Å². The zero-order chi connectivity index (χ0) is 24.1. The van der Waals surface area contributed by atoms with Gasteiger partial charge in [0.05, 0.1) is 25.3 Å². The molecule has 0 saturated carbocycles. The summed E-state index contributed by atoms with van der Waals surface area (Å²) in [6.07, 6.45) is -0.418. The highest BCUT2D eigenvalue weighted by Crippen LogP contribution is 2.27. The number of aromatic nitrogens is 2. The Kier molecular flexibility index (Phi) is 7.15. The van der Waals surface area contributed by atoms with E-state index >= 15 is 0 Å². The van der Waals surface area contributed by atoms with Crippen molar-refractivity contribution in [3.8, 4) is 16.9 Å². The number of benzene rings is 2. The number of aromatic hydroxyl groups is 1. The van der Waals surface area contributed by atoms with Crippen molar-refractivity contribution in [3.05, 3.63) is 77.4 Å². The van der Waals surface area contributed by atoms with Crippen LogP contribution in [0, 0.1) is 6.92 Å². The van der Waals surface area contributed by atoms with Gasteiger partial charge in [0, 0.05) is 5.92 Å². The first kappa shape index (κ1) is 23.3. The number of carbonyl (C=O) groups is 2. The lowest BCUT2D eigenvalue weighted by atomic mass is 9.97. The molecule has 4 rings (SSSR count). The molecule has 1 fully saturated rings. The highest BCUT2D eigenvalue weighted by molar-refractivity contribution is 5.96. The first-order valence-electron chi connectivity index (χ1n) is 10.9. The minimum atomic E-state index is -1.20. The molecule has 3 aromatic rings. The second-order valence-electron chi connectivity index (χ2n) is 7.98. The van der Waals surface area contributed by atoms with Crippen LogP contribution in [-0.2, 0) is 20.7 Å². The van der Waals surface area contributed by atoms with Crippen molar-refractivity contribution in [2.45, 2.75) is 25.6 Å². The Morgan fingerprint density at radius 2 is 1.65 bits per heavy atom. The summed E-state index contributed by atoms with van der Waals surface area (Å²) in [6.45, 7) is 1.86. The minimum Gasteiger partial charge on any atom is -0.504 e. The summed E-state index contributed by atoms with van der Waals surface area (Å²) in [5, 5.41) is 21.0. The van der Waals surface area contributed by atoms with Gasteiger partial charge in [-0.15, -0.1) is 0 Å². The van der Waals surface area contributed by atoms with Crippen LogP contribution in [0.15, 0.2) is 54.6 Å². The van der Waals surface area contributed by atoms with E-state index in [1.54, 1.807) is 0 Å². The van der Waals surface area contributed by atoms with Crippen LogP contribution in [0.2, 0.25) is 0 Å². The van der Waals surface area contributed by atoms with E-state index in [2.05, 4.69) is 51.7 Å². The number of carboxylic acids is 1. The van der Waals surface area contributed by atoms with Crippen LogP contribution in [0.4, 0.5) is 0 Å². The van der Waals surface area contributed by atoms with Gasteiger partial charge in [-0.25, -0.2) is 9.97 Å². The van der Waals surface area contributed by atoms with E-state index in [9.17, 15) is 14.7 Å². The first-order valence-corrected chi connectivity index (χ1v) is 10.9. The maximum absolute atomic E-state index is 12.2. The van der Waals surface area contributed by atoms with Crippen LogP contribution in [-0.4, -0.2) is 58.1 Å². The fraction of sp³-hybridized carbons (Fsp3) is 0.280. The number of nitrogens with one attached hydrogen (secondary N) is 1. The summed E-state index contributed by atoms with van der Waals surface area (Å²) in [6, 6.07) is 18.5. The van der Waals surface area contributed by atoms with Gasteiger partial charge in [0.15, 0.2) is 17.7 Å². The average Bonchev–Trinajstić information content (AvgIpc) is 2.86. The highest BCUT2D eigenvalue weighted by atomic mass is 16.7. The molecule has 0 bridgehead atoms. The molecule has 0 atom stereocenters. The summed E-state index contributed by atoms with van der Waals surface area (Å²) >= 11 is 0. The maximum Gasteiger partial charge on any atom is 0.322 e. The smallest absolute Gasteiger partial charge is 0.322 e. The molecule has 0 unspecified atom stereocenters. The Morgan fingerprint density at radius 3 is 2.29 bits per heavy atom. The third-order valence-electron chi connectivity index (χ3n) is 5.52. The Labute approximate surface area is 196 Å². The van der Waals surface area contributed by atoms with E-state index in [0.717, 1.165) is 16.7 Å². The number of aliphatic carboxylic acids is 1. The number of carbonyl (C=O) groups excluding carboxylic acids is 1. The van der Waals surface area contributed by atoms with E-state index in [1.807, 2.05) is 18.2 Å². The van der Waals surface area contributed by atoms with Gasteiger partial charge >= 0.3 is 5.97 Å². The Hall–Kier alpha value is -3.82. The SMILES string of the molecule is Cc1nc(CC2OCC(c3ccc(-c4ccccc4)cc3)CO2)nc(C(=O)NCC(=O)O)c1O. The lowest BCUT2D eigenvalue weighted by Gasteiger charge is -2.29. The van der Waals surface area contributed by atoms with Gasteiger partial charge in [0.25, 0.3) is 5.91 Å². The molecule has 34 heavy (non-hydrogen) atoms. The Balaban J connectivity index is 1.37. The quantitative estimate of drug-likeness (QED) is 0.487. The van der Waals surface area contributed by atoms with Gasteiger partial charge in [-0.3, -0.25) is 9.59 Å². The predicted molar refractivity (Wildman–Crippen MR) is 122 cm³/mol. The predicted octanol–water partition coefficient (Wildman–Crippen LogP) is 2.67. The number of hydrogen-bond donors (Lipinski definition) is 3. The zero-order valence-electron chi connectivity index (χ0n) is 18.6. The molecule has 2 heterocycles. The zero-order valence-corrected chi connectivity index (χ0v) is 18.6. The Bertz CT molecular complexity index is 1160. The van der Waals surface area contributed by atoms with E-state index in [1.165, 1.54) is 6.92 Å². The van der Waals surface area contributed by atoms with Gasteiger partial charge in [0.2, 0.25) is 0 Å².